The Morgan fingerprint density at radius 2 is 2.14 bits per heavy atom. The quantitative estimate of drug-likeness (QED) is 0.844. The van der Waals surface area contributed by atoms with Crippen LogP contribution in [0, 0.1) is 5.92 Å². The van der Waals surface area contributed by atoms with Gasteiger partial charge in [-0.05, 0) is 72.9 Å². The van der Waals surface area contributed by atoms with E-state index in [1.165, 1.54) is 19.4 Å². The van der Waals surface area contributed by atoms with Gasteiger partial charge in [0.15, 0.2) is 0 Å². The van der Waals surface area contributed by atoms with Crippen molar-refractivity contribution in [1.82, 2.24) is 9.80 Å². The number of carbonyl (C=O) groups excluding carboxylic acids is 1. The summed E-state index contributed by atoms with van der Waals surface area (Å²) >= 11 is 3.25. The third-order valence-corrected chi connectivity index (χ3v) is 5.50. The van der Waals surface area contributed by atoms with Crippen molar-refractivity contribution >= 4 is 21.8 Å². The third kappa shape index (κ3) is 2.94. The highest BCUT2D eigenvalue weighted by Crippen LogP contribution is 2.31. The first kappa shape index (κ1) is 14.9. The van der Waals surface area contributed by atoms with E-state index in [-0.39, 0.29) is 11.7 Å². The minimum absolute atomic E-state index is 0.0319. The normalized spacial score (nSPS) is 26.5. The molecule has 2 aliphatic rings. The van der Waals surface area contributed by atoms with Crippen LogP contribution in [0.1, 0.15) is 29.6 Å². The van der Waals surface area contributed by atoms with Gasteiger partial charge in [-0.3, -0.25) is 4.79 Å². The fourth-order valence-electron chi connectivity index (χ4n) is 3.67. The molecule has 2 atom stereocenters. The number of phenols is 1. The minimum atomic E-state index is 0.0319. The van der Waals surface area contributed by atoms with Crippen molar-refractivity contribution in [2.24, 2.45) is 5.92 Å². The Morgan fingerprint density at radius 1 is 1.33 bits per heavy atom. The molecule has 0 aliphatic carbocycles. The van der Waals surface area contributed by atoms with Crippen molar-refractivity contribution in [2.75, 3.05) is 26.7 Å². The first-order chi connectivity index (χ1) is 10.1. The SMILES string of the molecule is CN1CCCC2CN(C(=O)c3ccc(Br)c(O)c3)CCC21. The largest absolute Gasteiger partial charge is 0.507 e. The lowest BCUT2D eigenvalue weighted by molar-refractivity contribution is 0.0316. The van der Waals surface area contributed by atoms with Gasteiger partial charge < -0.3 is 14.9 Å². The average Bonchev–Trinajstić information content (AvgIpc) is 2.49. The third-order valence-electron chi connectivity index (χ3n) is 4.83. The van der Waals surface area contributed by atoms with Crippen molar-refractivity contribution in [3.8, 4) is 5.75 Å². The molecule has 2 aliphatic heterocycles. The zero-order valence-electron chi connectivity index (χ0n) is 12.3. The zero-order valence-corrected chi connectivity index (χ0v) is 13.8. The fourth-order valence-corrected chi connectivity index (χ4v) is 3.91. The number of aromatic hydroxyl groups is 1. The van der Waals surface area contributed by atoms with Crippen molar-refractivity contribution in [1.29, 1.82) is 0 Å². The number of likely N-dealkylation sites (tertiary alicyclic amines) is 2. The average molecular weight is 353 g/mol. The van der Waals surface area contributed by atoms with Gasteiger partial charge in [0.05, 0.1) is 4.47 Å². The number of piperidine rings is 2. The number of rotatable bonds is 1. The Morgan fingerprint density at radius 3 is 2.90 bits per heavy atom. The molecule has 0 radical (unpaired) electrons. The molecule has 0 saturated carbocycles. The number of halogens is 1. The number of phenolic OH excluding ortho intramolecular Hbond substituents is 1. The second-order valence-electron chi connectivity index (χ2n) is 6.16. The lowest BCUT2D eigenvalue weighted by Gasteiger charge is -2.46. The first-order valence-electron chi connectivity index (χ1n) is 7.54. The van der Waals surface area contributed by atoms with Crippen molar-refractivity contribution in [2.45, 2.75) is 25.3 Å². The van der Waals surface area contributed by atoms with Gasteiger partial charge in [-0.15, -0.1) is 0 Å². The fraction of sp³-hybridized carbons (Fsp3) is 0.562. The molecule has 2 heterocycles. The van der Waals surface area contributed by atoms with E-state index in [1.807, 2.05) is 4.90 Å². The van der Waals surface area contributed by atoms with E-state index < -0.39 is 0 Å². The van der Waals surface area contributed by atoms with Crippen LogP contribution >= 0.6 is 15.9 Å². The predicted octanol–water partition coefficient (Wildman–Crippen LogP) is 2.71. The van der Waals surface area contributed by atoms with E-state index in [4.69, 9.17) is 0 Å². The van der Waals surface area contributed by atoms with Crippen LogP contribution < -0.4 is 0 Å². The smallest absolute Gasteiger partial charge is 0.254 e. The molecule has 1 N–H and O–H groups in total. The van der Waals surface area contributed by atoms with Gasteiger partial charge in [-0.25, -0.2) is 0 Å². The Kier molecular flexibility index (Phi) is 4.22. The summed E-state index contributed by atoms with van der Waals surface area (Å²) in [6.07, 6.45) is 3.48. The number of hydrogen-bond donors (Lipinski definition) is 1. The van der Waals surface area contributed by atoms with Gasteiger partial charge in [0.1, 0.15) is 5.75 Å². The van der Waals surface area contributed by atoms with E-state index in [0.717, 1.165) is 19.5 Å². The number of nitrogens with zero attached hydrogens (tertiary/aromatic N) is 2. The zero-order chi connectivity index (χ0) is 15.0. The van der Waals surface area contributed by atoms with Crippen LogP contribution in [0.2, 0.25) is 0 Å². The molecule has 1 aromatic carbocycles. The van der Waals surface area contributed by atoms with E-state index in [1.54, 1.807) is 18.2 Å². The lowest BCUT2D eigenvalue weighted by atomic mass is 9.84. The molecule has 0 spiro atoms. The topological polar surface area (TPSA) is 43.8 Å². The second kappa shape index (κ2) is 5.97. The standard InChI is InChI=1S/C16H21BrN2O2/c1-18-7-2-3-12-10-19(8-6-14(12)18)16(21)11-4-5-13(17)15(20)9-11/h4-5,9,12,14,20H,2-3,6-8,10H2,1H3. The molecule has 1 aromatic rings. The van der Waals surface area contributed by atoms with Crippen LogP contribution in [0.4, 0.5) is 0 Å². The van der Waals surface area contributed by atoms with Gasteiger partial charge in [-0.2, -0.15) is 0 Å². The molecule has 0 bridgehead atoms. The molecule has 2 unspecified atom stereocenters. The van der Waals surface area contributed by atoms with Crippen molar-refractivity contribution < 1.29 is 9.90 Å². The monoisotopic (exact) mass is 352 g/mol. The second-order valence-corrected chi connectivity index (χ2v) is 7.01. The molecule has 2 fully saturated rings. The maximum atomic E-state index is 12.6. The van der Waals surface area contributed by atoms with Gasteiger partial charge in [-0.1, -0.05) is 0 Å². The molecule has 1 amide bonds. The van der Waals surface area contributed by atoms with E-state index >= 15 is 0 Å². The van der Waals surface area contributed by atoms with Crippen LogP contribution in [0.3, 0.4) is 0 Å². The van der Waals surface area contributed by atoms with Gasteiger partial charge in [0.2, 0.25) is 0 Å². The minimum Gasteiger partial charge on any atom is -0.507 e. The Balaban J connectivity index is 1.72. The summed E-state index contributed by atoms with van der Waals surface area (Å²) in [6, 6.07) is 5.67. The first-order valence-corrected chi connectivity index (χ1v) is 8.33. The number of amides is 1. The van der Waals surface area contributed by atoms with Crippen molar-refractivity contribution in [3.63, 3.8) is 0 Å². The van der Waals surface area contributed by atoms with Gasteiger partial charge in [0.25, 0.3) is 5.91 Å². The van der Waals surface area contributed by atoms with Crippen LogP contribution in [0.25, 0.3) is 0 Å². The number of fused-ring (bicyclic) bond motifs is 1. The highest BCUT2D eigenvalue weighted by Gasteiger charge is 2.35. The van der Waals surface area contributed by atoms with Crippen LogP contribution in [0.5, 0.6) is 5.75 Å². The summed E-state index contributed by atoms with van der Waals surface area (Å²) < 4.78 is 0.617. The Labute approximate surface area is 133 Å². The number of benzene rings is 1. The molecule has 21 heavy (non-hydrogen) atoms. The molecule has 0 aromatic heterocycles. The molecular weight excluding hydrogens is 332 g/mol. The maximum Gasteiger partial charge on any atom is 0.254 e. The summed E-state index contributed by atoms with van der Waals surface area (Å²) in [5, 5.41) is 9.75. The number of carbonyl (C=O) groups is 1. The summed E-state index contributed by atoms with van der Waals surface area (Å²) in [6.45, 7) is 2.82. The summed E-state index contributed by atoms with van der Waals surface area (Å²) in [4.78, 5) is 17.0. The van der Waals surface area contributed by atoms with Gasteiger partial charge in [0, 0.05) is 24.7 Å². The molecule has 2 saturated heterocycles. The molecule has 5 heteroatoms. The van der Waals surface area contributed by atoms with Crippen LogP contribution in [-0.4, -0.2) is 53.5 Å². The maximum absolute atomic E-state index is 12.6. The van der Waals surface area contributed by atoms with Crippen LogP contribution in [-0.2, 0) is 0 Å². The van der Waals surface area contributed by atoms with E-state index in [0.29, 0.717) is 22.0 Å². The number of hydrogen-bond acceptors (Lipinski definition) is 3. The lowest BCUT2D eigenvalue weighted by Crippen LogP contribution is -2.53. The molecule has 4 nitrogen and oxygen atoms in total. The Bertz CT molecular complexity index is 549. The highest BCUT2D eigenvalue weighted by molar-refractivity contribution is 9.10. The van der Waals surface area contributed by atoms with Crippen molar-refractivity contribution in [3.05, 3.63) is 28.2 Å². The van der Waals surface area contributed by atoms with E-state index in [9.17, 15) is 9.90 Å². The molecular formula is C16H21BrN2O2. The van der Waals surface area contributed by atoms with Crippen LogP contribution in [0.15, 0.2) is 22.7 Å². The van der Waals surface area contributed by atoms with Gasteiger partial charge >= 0.3 is 0 Å². The Hall–Kier alpha value is -1.07. The highest BCUT2D eigenvalue weighted by atomic mass is 79.9. The summed E-state index contributed by atoms with van der Waals surface area (Å²) in [5.41, 5.74) is 0.568. The molecule has 114 valence electrons. The summed E-state index contributed by atoms with van der Waals surface area (Å²) in [7, 11) is 2.20. The van der Waals surface area contributed by atoms with E-state index in [2.05, 4.69) is 27.9 Å². The predicted molar refractivity (Wildman–Crippen MR) is 85.5 cm³/mol. The summed E-state index contributed by atoms with van der Waals surface area (Å²) in [5.74, 6) is 0.739. The molecule has 3 rings (SSSR count).